The Labute approximate surface area is 129 Å². The molecule has 0 aliphatic heterocycles. The second kappa shape index (κ2) is 6.45. The highest BCUT2D eigenvalue weighted by atomic mass is 32.2. The van der Waals surface area contributed by atoms with Crippen molar-refractivity contribution in [3.63, 3.8) is 0 Å². The van der Waals surface area contributed by atoms with Crippen molar-refractivity contribution in [3.05, 3.63) is 53.6 Å². The first-order valence-corrected chi connectivity index (χ1v) is 7.71. The van der Waals surface area contributed by atoms with Crippen LogP contribution in [-0.2, 0) is 10.0 Å². The zero-order valence-corrected chi connectivity index (χ0v) is 12.5. The lowest BCUT2D eigenvalue weighted by Crippen LogP contribution is -2.16. The molecule has 0 saturated heterocycles. The minimum absolute atomic E-state index is 0.283. The van der Waals surface area contributed by atoms with Gasteiger partial charge in [0.1, 0.15) is 22.3 Å². The summed E-state index contributed by atoms with van der Waals surface area (Å²) in [5, 5.41) is 0. The van der Waals surface area contributed by atoms with Crippen molar-refractivity contribution < 1.29 is 30.7 Å². The molecule has 0 heterocycles. The number of benzene rings is 2. The quantitative estimate of drug-likeness (QED) is 0.838. The van der Waals surface area contributed by atoms with Crippen LogP contribution < -0.4 is 9.46 Å². The molecular weight excluding hydrogens is 338 g/mol. The molecule has 0 saturated carbocycles. The number of ether oxygens (including phenoxy) is 1. The van der Waals surface area contributed by atoms with Crippen molar-refractivity contribution in [1.29, 1.82) is 0 Å². The monoisotopic (exact) mass is 349 g/mol. The molecule has 0 amide bonds. The lowest BCUT2D eigenvalue weighted by atomic mass is 10.2. The van der Waals surface area contributed by atoms with Gasteiger partial charge in [0.15, 0.2) is 0 Å². The molecule has 0 aromatic heterocycles. The van der Waals surface area contributed by atoms with E-state index in [4.69, 9.17) is 0 Å². The van der Waals surface area contributed by atoms with Gasteiger partial charge in [0.25, 0.3) is 10.0 Å². The molecule has 2 aromatic rings. The number of anilines is 1. The Hall–Kier alpha value is -2.29. The third-order valence-corrected chi connectivity index (χ3v) is 4.18. The molecule has 9 heteroatoms. The highest BCUT2D eigenvalue weighted by molar-refractivity contribution is 7.92. The second-order valence-electron chi connectivity index (χ2n) is 4.56. The average Bonchev–Trinajstić information content (AvgIpc) is 2.40. The van der Waals surface area contributed by atoms with Crippen molar-refractivity contribution in [1.82, 2.24) is 0 Å². The van der Waals surface area contributed by atoms with Crippen LogP contribution in [0.4, 0.5) is 23.2 Å². The zero-order chi connectivity index (χ0) is 17.2. The van der Waals surface area contributed by atoms with Gasteiger partial charge in [-0.25, -0.2) is 17.2 Å². The Morgan fingerprint density at radius 2 is 1.78 bits per heavy atom. The number of halogens is 4. The fraction of sp³-hybridized carbons (Fsp3) is 0.143. The zero-order valence-electron chi connectivity index (χ0n) is 11.7. The summed E-state index contributed by atoms with van der Waals surface area (Å²) < 4.78 is 81.7. The first-order chi connectivity index (χ1) is 10.7. The normalized spacial score (nSPS) is 11.6. The Balaban J connectivity index is 2.42. The number of sulfonamides is 1. The SMILES string of the molecule is Cc1ccc(OC(F)F)c(NS(=O)(=O)c2ccc(F)cc2F)c1. The molecule has 23 heavy (non-hydrogen) atoms. The summed E-state index contributed by atoms with van der Waals surface area (Å²) in [6.07, 6.45) is 0. The van der Waals surface area contributed by atoms with E-state index in [9.17, 15) is 26.0 Å². The van der Waals surface area contributed by atoms with Crippen LogP contribution in [0.15, 0.2) is 41.3 Å². The van der Waals surface area contributed by atoms with Crippen LogP contribution in [-0.4, -0.2) is 15.0 Å². The van der Waals surface area contributed by atoms with E-state index in [0.717, 1.165) is 18.2 Å². The molecule has 0 atom stereocenters. The second-order valence-corrected chi connectivity index (χ2v) is 6.21. The lowest BCUT2D eigenvalue weighted by molar-refractivity contribution is -0.0493. The van der Waals surface area contributed by atoms with Gasteiger partial charge in [-0.3, -0.25) is 4.72 Å². The van der Waals surface area contributed by atoms with Gasteiger partial charge >= 0.3 is 6.61 Å². The molecule has 2 rings (SSSR count). The van der Waals surface area contributed by atoms with Crippen molar-refractivity contribution in [2.24, 2.45) is 0 Å². The molecule has 0 fully saturated rings. The van der Waals surface area contributed by atoms with Gasteiger partial charge in [0.2, 0.25) is 0 Å². The van der Waals surface area contributed by atoms with Gasteiger partial charge in [-0.15, -0.1) is 0 Å². The first-order valence-electron chi connectivity index (χ1n) is 6.22. The molecule has 0 spiro atoms. The summed E-state index contributed by atoms with van der Waals surface area (Å²) in [4.78, 5) is -0.816. The topological polar surface area (TPSA) is 55.4 Å². The summed E-state index contributed by atoms with van der Waals surface area (Å²) in [5.41, 5.74) is 0.276. The van der Waals surface area contributed by atoms with Crippen LogP contribution in [0.3, 0.4) is 0 Å². The molecule has 0 bridgehead atoms. The van der Waals surface area contributed by atoms with Crippen molar-refractivity contribution in [2.75, 3.05) is 4.72 Å². The Kier molecular flexibility index (Phi) is 4.79. The predicted octanol–water partition coefficient (Wildman–Crippen LogP) is 3.68. The van der Waals surface area contributed by atoms with Crippen molar-refractivity contribution >= 4 is 15.7 Å². The third kappa shape index (κ3) is 4.13. The van der Waals surface area contributed by atoms with Gasteiger partial charge in [0.05, 0.1) is 5.69 Å². The average molecular weight is 349 g/mol. The van der Waals surface area contributed by atoms with E-state index in [-0.39, 0.29) is 5.69 Å². The minimum atomic E-state index is -4.45. The fourth-order valence-electron chi connectivity index (χ4n) is 1.82. The molecule has 4 nitrogen and oxygen atoms in total. The number of aryl methyl sites for hydroxylation is 1. The van der Waals surface area contributed by atoms with E-state index >= 15 is 0 Å². The molecule has 0 radical (unpaired) electrons. The highest BCUT2D eigenvalue weighted by Crippen LogP contribution is 2.30. The van der Waals surface area contributed by atoms with Crippen LogP contribution in [0.2, 0.25) is 0 Å². The predicted molar refractivity (Wildman–Crippen MR) is 75.0 cm³/mol. The Morgan fingerprint density at radius 1 is 1.09 bits per heavy atom. The molecule has 124 valence electrons. The highest BCUT2D eigenvalue weighted by Gasteiger charge is 2.22. The van der Waals surface area contributed by atoms with Crippen molar-refractivity contribution in [2.45, 2.75) is 18.4 Å². The molecular formula is C14H11F4NO3S. The minimum Gasteiger partial charge on any atom is -0.433 e. The Morgan fingerprint density at radius 3 is 2.39 bits per heavy atom. The molecule has 0 unspecified atom stereocenters. The summed E-state index contributed by atoms with van der Waals surface area (Å²) in [6.45, 7) is -1.56. The lowest BCUT2D eigenvalue weighted by Gasteiger charge is -2.14. The summed E-state index contributed by atoms with van der Waals surface area (Å²) >= 11 is 0. The van der Waals surface area contributed by atoms with E-state index in [0.29, 0.717) is 11.6 Å². The van der Waals surface area contributed by atoms with E-state index in [1.807, 2.05) is 4.72 Å². The number of rotatable bonds is 5. The van der Waals surface area contributed by atoms with Crippen LogP contribution in [0, 0.1) is 18.6 Å². The fourth-order valence-corrected chi connectivity index (χ4v) is 2.94. The van der Waals surface area contributed by atoms with Crippen molar-refractivity contribution in [3.8, 4) is 5.75 Å². The maximum Gasteiger partial charge on any atom is 0.387 e. The van der Waals surface area contributed by atoms with Gasteiger partial charge in [-0.1, -0.05) is 6.07 Å². The maximum absolute atomic E-state index is 13.6. The number of hydrogen-bond acceptors (Lipinski definition) is 3. The van der Waals surface area contributed by atoms with Gasteiger partial charge in [0, 0.05) is 6.07 Å². The summed E-state index contributed by atoms with van der Waals surface area (Å²) in [5.74, 6) is -2.67. The van der Waals surface area contributed by atoms with Crippen LogP contribution in [0.25, 0.3) is 0 Å². The van der Waals surface area contributed by atoms with Gasteiger partial charge in [-0.05, 0) is 36.8 Å². The Bertz CT molecular complexity index is 825. The first kappa shape index (κ1) is 17.1. The van der Waals surface area contributed by atoms with E-state index in [1.165, 1.54) is 12.1 Å². The number of nitrogens with one attached hydrogen (secondary N) is 1. The van der Waals surface area contributed by atoms with Crippen LogP contribution in [0.5, 0.6) is 5.75 Å². The largest absolute Gasteiger partial charge is 0.433 e. The van der Waals surface area contributed by atoms with Gasteiger partial charge < -0.3 is 4.74 Å². The summed E-state index contributed by atoms with van der Waals surface area (Å²) in [7, 11) is -4.45. The standard InChI is InChI=1S/C14H11F4NO3S/c1-8-2-4-12(22-14(17)18)11(6-8)19-23(20,21)13-5-3-9(15)7-10(13)16/h2-7,14,19H,1H3. The van der Waals surface area contributed by atoms with E-state index in [2.05, 4.69) is 4.74 Å². The third-order valence-electron chi connectivity index (χ3n) is 2.78. The molecule has 1 N–H and O–H groups in total. The van der Waals surface area contributed by atoms with E-state index < -0.39 is 38.9 Å². The smallest absolute Gasteiger partial charge is 0.387 e. The molecule has 0 aliphatic carbocycles. The van der Waals surface area contributed by atoms with Crippen LogP contribution >= 0.6 is 0 Å². The van der Waals surface area contributed by atoms with E-state index in [1.54, 1.807) is 6.92 Å². The number of hydrogen-bond donors (Lipinski definition) is 1. The number of alkyl halides is 2. The summed E-state index contributed by atoms with van der Waals surface area (Å²) in [6, 6.07) is 5.74. The van der Waals surface area contributed by atoms with Crippen LogP contribution in [0.1, 0.15) is 5.56 Å². The maximum atomic E-state index is 13.6. The molecule has 0 aliphatic rings. The molecule has 2 aromatic carbocycles. The van der Waals surface area contributed by atoms with Gasteiger partial charge in [-0.2, -0.15) is 8.78 Å².